The number of alkyl halides is 3. The van der Waals surface area contributed by atoms with Crippen LogP contribution < -0.4 is 15.4 Å². The second-order valence-corrected chi connectivity index (χ2v) is 6.23. The first-order valence-corrected chi connectivity index (χ1v) is 8.85. The molecule has 0 fully saturated rings. The van der Waals surface area contributed by atoms with Gasteiger partial charge in [0.15, 0.2) is 0 Å². The Morgan fingerprint density at radius 1 is 0.833 bits per heavy atom. The van der Waals surface area contributed by atoms with Crippen molar-refractivity contribution in [2.75, 3.05) is 12.4 Å². The summed E-state index contributed by atoms with van der Waals surface area (Å²) in [6.45, 7) is 0. The maximum absolute atomic E-state index is 12.9. The van der Waals surface area contributed by atoms with Crippen molar-refractivity contribution < 1.29 is 27.5 Å². The highest BCUT2D eigenvalue weighted by atomic mass is 19.4. The van der Waals surface area contributed by atoms with Gasteiger partial charge in [0.1, 0.15) is 11.5 Å². The van der Waals surface area contributed by atoms with Gasteiger partial charge in [-0.1, -0.05) is 24.3 Å². The van der Waals surface area contributed by atoms with E-state index in [2.05, 4.69) is 10.6 Å². The molecule has 30 heavy (non-hydrogen) atoms. The van der Waals surface area contributed by atoms with E-state index in [0.29, 0.717) is 11.3 Å². The van der Waals surface area contributed by atoms with E-state index in [9.17, 15) is 22.8 Å². The van der Waals surface area contributed by atoms with Crippen LogP contribution in [0.15, 0.2) is 72.8 Å². The molecule has 0 aromatic heterocycles. The quantitative estimate of drug-likeness (QED) is 0.610. The third-order valence-electron chi connectivity index (χ3n) is 4.14. The second kappa shape index (κ2) is 8.69. The zero-order chi connectivity index (χ0) is 21.7. The highest BCUT2D eigenvalue weighted by Gasteiger charge is 2.30. The zero-order valence-corrected chi connectivity index (χ0v) is 15.8. The molecule has 8 heteroatoms. The van der Waals surface area contributed by atoms with Crippen LogP contribution in [0.5, 0.6) is 11.5 Å². The molecule has 5 nitrogen and oxygen atoms in total. The number of carbonyl (C=O) groups is 2. The van der Waals surface area contributed by atoms with Crippen molar-refractivity contribution in [1.29, 1.82) is 0 Å². The van der Waals surface area contributed by atoms with Gasteiger partial charge in [0, 0.05) is 12.6 Å². The Morgan fingerprint density at radius 3 is 2.20 bits per heavy atom. The summed E-state index contributed by atoms with van der Waals surface area (Å²) < 4.78 is 44.1. The lowest BCUT2D eigenvalue weighted by Gasteiger charge is -2.12. The van der Waals surface area contributed by atoms with E-state index in [-0.39, 0.29) is 23.0 Å². The summed E-state index contributed by atoms with van der Waals surface area (Å²) in [5.41, 5.74) is 0.00154. The largest absolute Gasteiger partial charge is 0.457 e. The van der Waals surface area contributed by atoms with Gasteiger partial charge in [-0.3, -0.25) is 9.59 Å². The fourth-order valence-electron chi connectivity index (χ4n) is 2.69. The van der Waals surface area contributed by atoms with Gasteiger partial charge >= 0.3 is 6.18 Å². The molecule has 0 radical (unpaired) electrons. The van der Waals surface area contributed by atoms with Crippen molar-refractivity contribution in [3.8, 4) is 11.5 Å². The maximum Gasteiger partial charge on any atom is 0.416 e. The first kappa shape index (κ1) is 20.9. The van der Waals surface area contributed by atoms with Crippen molar-refractivity contribution in [2.24, 2.45) is 0 Å². The minimum absolute atomic E-state index is 0.00709. The molecule has 2 N–H and O–H groups in total. The summed E-state index contributed by atoms with van der Waals surface area (Å²) in [5, 5.41) is 5.15. The average molecular weight is 414 g/mol. The maximum atomic E-state index is 12.9. The van der Waals surface area contributed by atoms with Crippen LogP contribution in [0.4, 0.5) is 18.9 Å². The molecule has 2 amide bonds. The van der Waals surface area contributed by atoms with Crippen molar-refractivity contribution in [1.82, 2.24) is 5.32 Å². The van der Waals surface area contributed by atoms with E-state index < -0.39 is 17.6 Å². The molecule has 0 bridgehead atoms. The Hall–Kier alpha value is -3.81. The smallest absolute Gasteiger partial charge is 0.416 e. The Labute approximate surface area is 170 Å². The number of benzene rings is 3. The van der Waals surface area contributed by atoms with Gasteiger partial charge < -0.3 is 15.4 Å². The normalized spacial score (nSPS) is 10.9. The number of ether oxygens (including phenoxy) is 1. The topological polar surface area (TPSA) is 67.4 Å². The van der Waals surface area contributed by atoms with Crippen LogP contribution in [0.1, 0.15) is 26.3 Å². The number of hydrogen-bond acceptors (Lipinski definition) is 3. The fraction of sp³-hybridized carbons (Fsp3) is 0.0909. The Bertz CT molecular complexity index is 1080. The molecule has 0 aliphatic carbocycles. The summed E-state index contributed by atoms with van der Waals surface area (Å²) in [7, 11) is 1.48. The summed E-state index contributed by atoms with van der Waals surface area (Å²) in [5.74, 6) is -0.665. The molecule has 0 heterocycles. The third-order valence-corrected chi connectivity index (χ3v) is 4.14. The van der Waals surface area contributed by atoms with Crippen molar-refractivity contribution >= 4 is 17.5 Å². The average Bonchev–Trinajstić information content (AvgIpc) is 2.73. The predicted octanol–water partition coefficient (Wildman–Crippen LogP) is 5.11. The van der Waals surface area contributed by atoms with Gasteiger partial charge in [-0.2, -0.15) is 13.2 Å². The second-order valence-electron chi connectivity index (χ2n) is 6.23. The number of hydrogen-bond donors (Lipinski definition) is 2. The van der Waals surface area contributed by atoms with Crippen molar-refractivity contribution in [2.45, 2.75) is 6.18 Å². The molecule has 154 valence electrons. The number of nitrogens with one attached hydrogen (secondary N) is 2. The Kier molecular flexibility index (Phi) is 6.06. The standard InChI is InChI=1S/C22H17F3N2O3/c1-26-21(29)18-10-2-3-11-19(18)27-20(28)14-6-4-8-16(12-14)30-17-9-5-7-15(13-17)22(23,24)25/h2-13H,1H3,(H,26,29)(H,27,28). The lowest BCUT2D eigenvalue weighted by molar-refractivity contribution is -0.137. The van der Waals surface area contributed by atoms with Crippen molar-refractivity contribution in [3.63, 3.8) is 0 Å². The van der Waals surface area contributed by atoms with Crippen molar-refractivity contribution in [3.05, 3.63) is 89.5 Å². The van der Waals surface area contributed by atoms with Crippen LogP contribution in [-0.2, 0) is 6.18 Å². The molecule has 0 atom stereocenters. The highest BCUT2D eigenvalue weighted by molar-refractivity contribution is 6.09. The summed E-state index contributed by atoms with van der Waals surface area (Å²) in [6.07, 6.45) is -4.49. The van der Waals surface area contributed by atoms with Gasteiger partial charge in [-0.15, -0.1) is 0 Å². The predicted molar refractivity (Wildman–Crippen MR) is 106 cm³/mol. The molecule has 0 aliphatic rings. The van der Waals surface area contributed by atoms with Crippen LogP contribution >= 0.6 is 0 Å². The molecule has 0 unspecified atom stereocenters. The number of amides is 2. The van der Waals surface area contributed by atoms with E-state index in [0.717, 1.165) is 12.1 Å². The monoisotopic (exact) mass is 414 g/mol. The van der Waals surface area contributed by atoms with E-state index in [1.54, 1.807) is 30.3 Å². The van der Waals surface area contributed by atoms with E-state index in [1.807, 2.05) is 0 Å². The summed E-state index contributed by atoms with van der Waals surface area (Å²) in [4.78, 5) is 24.6. The lowest BCUT2D eigenvalue weighted by atomic mass is 10.1. The van der Waals surface area contributed by atoms with Crippen LogP contribution in [0.2, 0.25) is 0 Å². The van der Waals surface area contributed by atoms with Gasteiger partial charge in [-0.25, -0.2) is 0 Å². The molecule has 3 rings (SSSR count). The van der Waals surface area contributed by atoms with E-state index in [4.69, 9.17) is 4.74 Å². The molecule has 0 saturated carbocycles. The molecule has 3 aromatic carbocycles. The lowest BCUT2D eigenvalue weighted by Crippen LogP contribution is -2.21. The first-order chi connectivity index (χ1) is 14.3. The first-order valence-electron chi connectivity index (χ1n) is 8.85. The van der Waals surface area contributed by atoms with Gasteiger partial charge in [0.05, 0.1) is 16.8 Å². The third kappa shape index (κ3) is 4.96. The Morgan fingerprint density at radius 2 is 1.50 bits per heavy atom. The minimum atomic E-state index is -4.49. The van der Waals surface area contributed by atoms with E-state index in [1.165, 1.54) is 37.4 Å². The van der Waals surface area contributed by atoms with Crippen LogP contribution in [0, 0.1) is 0 Å². The zero-order valence-electron chi connectivity index (χ0n) is 15.8. The summed E-state index contributed by atoms with van der Waals surface area (Å²) >= 11 is 0. The van der Waals surface area contributed by atoms with Gasteiger partial charge in [0.25, 0.3) is 11.8 Å². The molecular weight excluding hydrogens is 397 g/mol. The van der Waals surface area contributed by atoms with Crippen LogP contribution in [-0.4, -0.2) is 18.9 Å². The van der Waals surface area contributed by atoms with E-state index >= 15 is 0 Å². The molecule has 3 aromatic rings. The Balaban J connectivity index is 1.79. The van der Waals surface area contributed by atoms with Crippen LogP contribution in [0.25, 0.3) is 0 Å². The number of anilines is 1. The number of halogens is 3. The van der Waals surface area contributed by atoms with Crippen LogP contribution in [0.3, 0.4) is 0 Å². The highest BCUT2D eigenvalue weighted by Crippen LogP contribution is 2.32. The molecule has 0 aliphatic heterocycles. The minimum Gasteiger partial charge on any atom is -0.457 e. The fourth-order valence-corrected chi connectivity index (χ4v) is 2.69. The molecular formula is C22H17F3N2O3. The van der Waals surface area contributed by atoms with Gasteiger partial charge in [0.2, 0.25) is 0 Å². The molecule has 0 spiro atoms. The summed E-state index contributed by atoms with van der Waals surface area (Å²) in [6, 6.07) is 17.0. The number of rotatable bonds is 5. The van der Waals surface area contributed by atoms with Gasteiger partial charge in [-0.05, 0) is 48.5 Å². The molecule has 0 saturated heterocycles. The number of para-hydroxylation sites is 1. The SMILES string of the molecule is CNC(=O)c1ccccc1NC(=O)c1cccc(Oc2cccc(C(F)(F)F)c2)c1. The number of carbonyl (C=O) groups excluding carboxylic acids is 2.